The van der Waals surface area contributed by atoms with Crippen molar-refractivity contribution in [1.29, 1.82) is 0 Å². The van der Waals surface area contributed by atoms with Crippen molar-refractivity contribution >= 4 is 12.4 Å². The van der Waals surface area contributed by atoms with Gasteiger partial charge in [-0.25, -0.2) is 0 Å². The minimum absolute atomic E-state index is 0. The number of methoxy groups -OCH3 is 1. The quantitative estimate of drug-likeness (QED) is 0.831. The van der Waals surface area contributed by atoms with Gasteiger partial charge in [0.05, 0.1) is 5.69 Å². The molecular formula is C14H16ClNO2. The number of ether oxygens (including phenoxy) is 2. The van der Waals surface area contributed by atoms with E-state index >= 15 is 0 Å². The van der Waals surface area contributed by atoms with Crippen LogP contribution in [0.4, 0.5) is 0 Å². The second kappa shape index (κ2) is 7.69. The zero-order valence-electron chi connectivity index (χ0n) is 10.2. The normalized spacial score (nSPS) is 11.4. The van der Waals surface area contributed by atoms with Crippen LogP contribution >= 0.6 is 12.4 Å². The first-order valence-corrected chi connectivity index (χ1v) is 5.51. The molecular weight excluding hydrogens is 250 g/mol. The summed E-state index contributed by atoms with van der Waals surface area (Å²) in [5.74, 6) is 0.838. The van der Waals surface area contributed by atoms with Gasteiger partial charge >= 0.3 is 0 Å². The molecule has 3 nitrogen and oxygen atoms in total. The standard InChI is InChI=1S/C14H15NO2.ClH/c1-16-14(13-9-5-6-10-15-13)11-17-12-7-3-2-4-8-12;/h2-10,14H,11H2,1H3;1H. The highest BCUT2D eigenvalue weighted by Gasteiger charge is 2.12. The van der Waals surface area contributed by atoms with Crippen molar-refractivity contribution in [1.82, 2.24) is 4.98 Å². The first-order valence-electron chi connectivity index (χ1n) is 5.51. The number of nitrogens with zero attached hydrogens (tertiary/aromatic N) is 1. The van der Waals surface area contributed by atoms with E-state index in [9.17, 15) is 0 Å². The Bertz CT molecular complexity index is 436. The van der Waals surface area contributed by atoms with Crippen molar-refractivity contribution in [3.8, 4) is 5.75 Å². The fourth-order valence-corrected chi connectivity index (χ4v) is 1.53. The molecule has 2 rings (SSSR count). The summed E-state index contributed by atoms with van der Waals surface area (Å²) in [6.07, 6.45) is 1.61. The molecule has 0 amide bonds. The number of hydrogen-bond donors (Lipinski definition) is 0. The number of benzene rings is 1. The Morgan fingerprint density at radius 3 is 2.39 bits per heavy atom. The molecule has 0 radical (unpaired) electrons. The fraction of sp³-hybridized carbons (Fsp3) is 0.214. The lowest BCUT2D eigenvalue weighted by Crippen LogP contribution is -2.13. The Kier molecular flexibility index (Phi) is 6.19. The van der Waals surface area contributed by atoms with Gasteiger partial charge in [0, 0.05) is 13.3 Å². The van der Waals surface area contributed by atoms with Crippen LogP contribution in [0.15, 0.2) is 54.7 Å². The average Bonchev–Trinajstić information content (AvgIpc) is 2.42. The van der Waals surface area contributed by atoms with Gasteiger partial charge in [0.2, 0.25) is 0 Å². The van der Waals surface area contributed by atoms with Crippen LogP contribution in [0.3, 0.4) is 0 Å². The predicted octanol–water partition coefficient (Wildman–Crippen LogP) is 3.27. The van der Waals surface area contributed by atoms with Crippen LogP contribution < -0.4 is 4.74 Å². The zero-order chi connectivity index (χ0) is 11.9. The molecule has 0 aliphatic heterocycles. The van der Waals surface area contributed by atoms with Gasteiger partial charge in [-0.3, -0.25) is 4.98 Å². The topological polar surface area (TPSA) is 31.4 Å². The van der Waals surface area contributed by atoms with E-state index in [0.29, 0.717) is 6.61 Å². The van der Waals surface area contributed by atoms with Crippen LogP contribution in [0.25, 0.3) is 0 Å². The molecule has 0 aliphatic rings. The third-order valence-electron chi connectivity index (χ3n) is 2.45. The molecule has 2 aromatic rings. The van der Waals surface area contributed by atoms with E-state index in [1.807, 2.05) is 48.5 Å². The maximum absolute atomic E-state index is 5.65. The van der Waals surface area contributed by atoms with Crippen LogP contribution in [0, 0.1) is 0 Å². The highest BCUT2D eigenvalue weighted by molar-refractivity contribution is 5.85. The number of halogens is 1. The molecule has 18 heavy (non-hydrogen) atoms. The van der Waals surface area contributed by atoms with Crippen LogP contribution in [0.1, 0.15) is 11.8 Å². The van der Waals surface area contributed by atoms with Crippen LogP contribution in [-0.2, 0) is 4.74 Å². The molecule has 0 saturated carbocycles. The lowest BCUT2D eigenvalue weighted by atomic mass is 10.2. The Morgan fingerprint density at radius 1 is 1.06 bits per heavy atom. The molecule has 1 atom stereocenters. The van der Waals surface area contributed by atoms with E-state index in [-0.39, 0.29) is 18.5 Å². The summed E-state index contributed by atoms with van der Waals surface area (Å²) in [7, 11) is 1.66. The Balaban J connectivity index is 0.00000162. The monoisotopic (exact) mass is 265 g/mol. The Morgan fingerprint density at radius 2 is 1.78 bits per heavy atom. The number of pyridine rings is 1. The van der Waals surface area contributed by atoms with Gasteiger partial charge < -0.3 is 9.47 Å². The smallest absolute Gasteiger partial charge is 0.133 e. The number of rotatable bonds is 5. The molecule has 96 valence electrons. The van der Waals surface area contributed by atoms with Crippen molar-refractivity contribution < 1.29 is 9.47 Å². The van der Waals surface area contributed by atoms with Gasteiger partial charge in [0.1, 0.15) is 18.5 Å². The first-order chi connectivity index (χ1) is 8.40. The Labute approximate surface area is 113 Å². The SMILES string of the molecule is COC(COc1ccccc1)c1ccccn1.Cl. The van der Waals surface area contributed by atoms with E-state index in [4.69, 9.17) is 9.47 Å². The first kappa shape index (κ1) is 14.5. The molecule has 1 heterocycles. The second-order valence-corrected chi connectivity index (χ2v) is 3.60. The van der Waals surface area contributed by atoms with E-state index in [0.717, 1.165) is 11.4 Å². The van der Waals surface area contributed by atoms with Gasteiger partial charge in [-0.2, -0.15) is 0 Å². The summed E-state index contributed by atoms with van der Waals surface area (Å²) in [4.78, 5) is 4.26. The van der Waals surface area contributed by atoms with E-state index in [1.165, 1.54) is 0 Å². The van der Waals surface area contributed by atoms with Crippen molar-refractivity contribution in [2.45, 2.75) is 6.10 Å². The predicted molar refractivity (Wildman–Crippen MR) is 73.2 cm³/mol. The summed E-state index contributed by atoms with van der Waals surface area (Å²) in [5.41, 5.74) is 0.880. The number of hydrogen-bond acceptors (Lipinski definition) is 3. The molecule has 0 fully saturated rings. The summed E-state index contributed by atoms with van der Waals surface area (Å²) < 4.78 is 11.0. The average molecular weight is 266 g/mol. The fourth-order valence-electron chi connectivity index (χ4n) is 1.53. The highest BCUT2D eigenvalue weighted by Crippen LogP contribution is 2.16. The van der Waals surface area contributed by atoms with Gasteiger partial charge in [-0.05, 0) is 24.3 Å². The van der Waals surface area contributed by atoms with Gasteiger partial charge in [0.15, 0.2) is 0 Å². The summed E-state index contributed by atoms with van der Waals surface area (Å²) in [6.45, 7) is 0.456. The van der Waals surface area contributed by atoms with Crippen molar-refractivity contribution in [2.75, 3.05) is 13.7 Å². The van der Waals surface area contributed by atoms with Crippen molar-refractivity contribution in [3.05, 3.63) is 60.4 Å². The van der Waals surface area contributed by atoms with Gasteiger partial charge in [-0.15, -0.1) is 12.4 Å². The van der Waals surface area contributed by atoms with Gasteiger partial charge in [0.25, 0.3) is 0 Å². The molecule has 0 bridgehead atoms. The van der Waals surface area contributed by atoms with E-state index in [1.54, 1.807) is 13.3 Å². The van der Waals surface area contributed by atoms with Crippen LogP contribution in [0.2, 0.25) is 0 Å². The van der Waals surface area contributed by atoms with Crippen LogP contribution in [0.5, 0.6) is 5.75 Å². The largest absolute Gasteiger partial charge is 0.490 e. The molecule has 1 aromatic carbocycles. The highest BCUT2D eigenvalue weighted by atomic mass is 35.5. The third-order valence-corrected chi connectivity index (χ3v) is 2.45. The maximum Gasteiger partial charge on any atom is 0.133 e. The summed E-state index contributed by atoms with van der Waals surface area (Å²) in [6, 6.07) is 15.4. The number of para-hydroxylation sites is 1. The third kappa shape index (κ3) is 4.02. The lowest BCUT2D eigenvalue weighted by molar-refractivity contribution is 0.0546. The van der Waals surface area contributed by atoms with Crippen LogP contribution in [-0.4, -0.2) is 18.7 Å². The minimum atomic E-state index is -0.142. The summed E-state index contributed by atoms with van der Waals surface area (Å²) >= 11 is 0. The molecule has 0 N–H and O–H groups in total. The van der Waals surface area contributed by atoms with Crippen molar-refractivity contribution in [2.24, 2.45) is 0 Å². The minimum Gasteiger partial charge on any atom is -0.490 e. The van der Waals surface area contributed by atoms with E-state index < -0.39 is 0 Å². The molecule has 1 aromatic heterocycles. The zero-order valence-corrected chi connectivity index (χ0v) is 11.0. The number of aromatic nitrogens is 1. The van der Waals surface area contributed by atoms with Gasteiger partial charge in [-0.1, -0.05) is 24.3 Å². The molecule has 1 unspecified atom stereocenters. The van der Waals surface area contributed by atoms with Crippen molar-refractivity contribution in [3.63, 3.8) is 0 Å². The lowest BCUT2D eigenvalue weighted by Gasteiger charge is -2.15. The molecule has 0 aliphatic carbocycles. The summed E-state index contributed by atoms with van der Waals surface area (Å²) in [5, 5.41) is 0. The molecule has 0 saturated heterocycles. The second-order valence-electron chi connectivity index (χ2n) is 3.60. The Hall–Kier alpha value is -1.58. The van der Waals surface area contributed by atoms with E-state index in [2.05, 4.69) is 4.98 Å². The maximum atomic E-state index is 5.65. The molecule has 4 heteroatoms. The molecule has 0 spiro atoms.